The number of furan rings is 1. The number of benzene rings is 1. The molecule has 2 N–H and O–H groups in total. The van der Waals surface area contributed by atoms with Crippen molar-refractivity contribution < 1.29 is 19.1 Å². The number of aryl methyl sites for hydroxylation is 3. The van der Waals surface area contributed by atoms with Crippen LogP contribution in [0.4, 0.5) is 0 Å². The number of nitrogens with one attached hydrogen (secondary N) is 1. The number of carbonyl (C=O) groups is 1. The third kappa shape index (κ3) is 4.86. The molecule has 0 fully saturated rings. The van der Waals surface area contributed by atoms with Crippen LogP contribution in [0.2, 0.25) is 0 Å². The second-order valence-electron chi connectivity index (χ2n) is 6.29. The first kappa shape index (κ1) is 18.1. The predicted octanol–water partition coefficient (Wildman–Crippen LogP) is 3.00. The Morgan fingerprint density at radius 2 is 2.04 bits per heavy atom. The van der Waals surface area contributed by atoms with Crippen LogP contribution in [-0.4, -0.2) is 24.2 Å². The van der Waals surface area contributed by atoms with Crippen molar-refractivity contribution in [2.45, 2.75) is 39.7 Å². The van der Waals surface area contributed by atoms with Gasteiger partial charge in [-0.25, -0.2) is 0 Å². The maximum Gasteiger partial charge on any atom is 0.223 e. The van der Waals surface area contributed by atoms with E-state index < -0.39 is 5.60 Å². The molecule has 0 saturated carbocycles. The van der Waals surface area contributed by atoms with Gasteiger partial charge in [0.2, 0.25) is 5.91 Å². The molecule has 2 rings (SSSR count). The van der Waals surface area contributed by atoms with Crippen molar-refractivity contribution in [1.29, 1.82) is 0 Å². The molecule has 0 aliphatic heterocycles. The molecule has 0 saturated heterocycles. The summed E-state index contributed by atoms with van der Waals surface area (Å²) in [5.41, 5.74) is 0.629. The number of rotatable bonds is 7. The molecule has 2 aromatic rings. The summed E-state index contributed by atoms with van der Waals surface area (Å²) in [7, 11) is 0. The number of aliphatic hydroxyl groups is 1. The van der Waals surface area contributed by atoms with Gasteiger partial charge in [-0.3, -0.25) is 4.79 Å². The molecule has 5 heteroatoms. The van der Waals surface area contributed by atoms with Crippen molar-refractivity contribution in [1.82, 2.24) is 5.32 Å². The van der Waals surface area contributed by atoms with E-state index in [9.17, 15) is 9.90 Å². The summed E-state index contributed by atoms with van der Waals surface area (Å²) in [6.45, 7) is 7.69. The summed E-state index contributed by atoms with van der Waals surface area (Å²) < 4.78 is 11.0. The van der Waals surface area contributed by atoms with Crippen molar-refractivity contribution in [2.75, 3.05) is 13.2 Å². The lowest BCUT2D eigenvalue weighted by atomic mass is 9.96. The molecule has 0 aliphatic carbocycles. The zero-order valence-corrected chi connectivity index (χ0v) is 14.7. The molecule has 0 bridgehead atoms. The van der Waals surface area contributed by atoms with Crippen molar-refractivity contribution in [2.24, 2.45) is 0 Å². The number of hydrogen-bond acceptors (Lipinski definition) is 4. The molecule has 24 heavy (non-hydrogen) atoms. The van der Waals surface area contributed by atoms with Crippen LogP contribution in [0.25, 0.3) is 0 Å². The molecule has 1 aromatic carbocycles. The van der Waals surface area contributed by atoms with Crippen molar-refractivity contribution in [3.8, 4) is 5.75 Å². The van der Waals surface area contributed by atoms with Gasteiger partial charge in [0, 0.05) is 5.56 Å². The smallest absolute Gasteiger partial charge is 0.223 e. The highest BCUT2D eigenvalue weighted by atomic mass is 16.5. The van der Waals surface area contributed by atoms with Gasteiger partial charge in [-0.1, -0.05) is 12.1 Å². The van der Waals surface area contributed by atoms with E-state index in [1.807, 2.05) is 38.1 Å². The van der Waals surface area contributed by atoms with Gasteiger partial charge in [-0.2, -0.15) is 0 Å². The van der Waals surface area contributed by atoms with Crippen LogP contribution >= 0.6 is 0 Å². The maximum absolute atomic E-state index is 11.9. The maximum atomic E-state index is 11.9. The standard InChI is InChI=1S/C19H25NO4/c1-13-6-5-7-16(10-13)23-9-8-18(21)20-12-19(4,22)17-11-14(2)24-15(17)3/h5-7,10-11,22H,8-9,12H2,1-4H3,(H,20,21). The Kier molecular flexibility index (Phi) is 5.67. The van der Waals surface area contributed by atoms with Crippen LogP contribution in [0.15, 0.2) is 34.7 Å². The van der Waals surface area contributed by atoms with Gasteiger partial charge in [0.15, 0.2) is 0 Å². The molecule has 1 atom stereocenters. The number of ether oxygens (including phenoxy) is 1. The molecule has 5 nitrogen and oxygen atoms in total. The highest BCUT2D eigenvalue weighted by molar-refractivity contribution is 5.76. The minimum absolute atomic E-state index is 0.121. The van der Waals surface area contributed by atoms with E-state index in [4.69, 9.17) is 9.15 Å². The highest BCUT2D eigenvalue weighted by Gasteiger charge is 2.28. The Morgan fingerprint density at radius 3 is 2.67 bits per heavy atom. The Hall–Kier alpha value is -2.27. The van der Waals surface area contributed by atoms with E-state index in [2.05, 4.69) is 5.32 Å². The van der Waals surface area contributed by atoms with Gasteiger partial charge >= 0.3 is 0 Å². The molecular weight excluding hydrogens is 306 g/mol. The summed E-state index contributed by atoms with van der Waals surface area (Å²) in [4.78, 5) is 11.9. The third-order valence-electron chi connectivity index (χ3n) is 3.84. The fourth-order valence-electron chi connectivity index (χ4n) is 2.59. The van der Waals surface area contributed by atoms with Crippen LogP contribution < -0.4 is 10.1 Å². The zero-order valence-electron chi connectivity index (χ0n) is 14.7. The van der Waals surface area contributed by atoms with Gasteiger partial charge < -0.3 is 19.6 Å². The van der Waals surface area contributed by atoms with E-state index in [-0.39, 0.29) is 18.9 Å². The SMILES string of the molecule is Cc1cccc(OCCC(=O)NCC(C)(O)c2cc(C)oc2C)c1. The molecular formula is C19H25NO4. The summed E-state index contributed by atoms with van der Waals surface area (Å²) in [6, 6.07) is 9.48. The first-order valence-electron chi connectivity index (χ1n) is 8.04. The van der Waals surface area contributed by atoms with Crippen LogP contribution in [0, 0.1) is 20.8 Å². The second kappa shape index (κ2) is 7.53. The molecule has 0 aliphatic rings. The fourth-order valence-corrected chi connectivity index (χ4v) is 2.59. The van der Waals surface area contributed by atoms with E-state index >= 15 is 0 Å². The van der Waals surface area contributed by atoms with E-state index in [0.717, 1.165) is 17.1 Å². The van der Waals surface area contributed by atoms with Crippen molar-refractivity contribution >= 4 is 5.91 Å². The summed E-state index contributed by atoms with van der Waals surface area (Å²) >= 11 is 0. The fraction of sp³-hybridized carbons (Fsp3) is 0.421. The van der Waals surface area contributed by atoms with Crippen molar-refractivity contribution in [3.05, 3.63) is 53.0 Å². The van der Waals surface area contributed by atoms with Gasteiger partial charge in [0.05, 0.1) is 19.6 Å². The average molecular weight is 331 g/mol. The lowest BCUT2D eigenvalue weighted by Gasteiger charge is -2.23. The minimum atomic E-state index is -1.17. The quantitative estimate of drug-likeness (QED) is 0.818. The van der Waals surface area contributed by atoms with Crippen LogP contribution in [0.1, 0.15) is 36.0 Å². The van der Waals surface area contributed by atoms with E-state index in [1.165, 1.54) is 0 Å². The van der Waals surface area contributed by atoms with E-state index in [0.29, 0.717) is 17.9 Å². The Bertz CT molecular complexity index is 703. The minimum Gasteiger partial charge on any atom is -0.493 e. The van der Waals surface area contributed by atoms with Gasteiger partial charge in [0.25, 0.3) is 0 Å². The second-order valence-corrected chi connectivity index (χ2v) is 6.29. The Morgan fingerprint density at radius 1 is 1.29 bits per heavy atom. The van der Waals surface area contributed by atoms with Gasteiger partial charge in [-0.15, -0.1) is 0 Å². The van der Waals surface area contributed by atoms with Crippen LogP contribution in [0.5, 0.6) is 5.75 Å². The van der Waals surface area contributed by atoms with Crippen molar-refractivity contribution in [3.63, 3.8) is 0 Å². The molecule has 1 heterocycles. The molecule has 130 valence electrons. The monoisotopic (exact) mass is 331 g/mol. The molecule has 1 amide bonds. The van der Waals surface area contributed by atoms with Crippen LogP contribution in [0.3, 0.4) is 0 Å². The molecule has 1 aromatic heterocycles. The normalized spacial score (nSPS) is 13.4. The molecule has 1 unspecified atom stereocenters. The Balaban J connectivity index is 1.79. The lowest BCUT2D eigenvalue weighted by molar-refractivity contribution is -0.122. The number of hydrogen-bond donors (Lipinski definition) is 2. The first-order chi connectivity index (χ1) is 11.3. The summed E-state index contributed by atoms with van der Waals surface area (Å²) in [6.07, 6.45) is 0.230. The third-order valence-corrected chi connectivity index (χ3v) is 3.84. The average Bonchev–Trinajstić information content (AvgIpc) is 2.85. The first-order valence-corrected chi connectivity index (χ1v) is 8.04. The number of carbonyl (C=O) groups excluding carboxylic acids is 1. The highest BCUT2D eigenvalue weighted by Crippen LogP contribution is 2.26. The largest absolute Gasteiger partial charge is 0.493 e. The van der Waals surface area contributed by atoms with Crippen LogP contribution in [-0.2, 0) is 10.4 Å². The lowest BCUT2D eigenvalue weighted by Crippen LogP contribution is -2.39. The summed E-state index contributed by atoms with van der Waals surface area (Å²) in [5, 5.41) is 13.3. The molecule has 0 radical (unpaired) electrons. The van der Waals surface area contributed by atoms with E-state index in [1.54, 1.807) is 19.9 Å². The number of amides is 1. The Labute approximate surface area is 142 Å². The summed E-state index contributed by atoms with van der Waals surface area (Å²) in [5.74, 6) is 1.98. The topological polar surface area (TPSA) is 71.7 Å². The predicted molar refractivity (Wildman–Crippen MR) is 92.1 cm³/mol. The zero-order chi connectivity index (χ0) is 17.7. The molecule has 0 spiro atoms. The van der Waals surface area contributed by atoms with Gasteiger partial charge in [0.1, 0.15) is 22.9 Å². The van der Waals surface area contributed by atoms with Gasteiger partial charge in [-0.05, 0) is 51.5 Å².